The quantitative estimate of drug-likeness (QED) is 0.786. The van der Waals surface area contributed by atoms with Gasteiger partial charge in [0.15, 0.2) is 5.75 Å². The fourth-order valence-corrected chi connectivity index (χ4v) is 3.61. The van der Waals surface area contributed by atoms with Crippen LogP contribution in [0.15, 0.2) is 53.3 Å². The standard InChI is InChI=1S/C20H20N2O2/c1-21-17-7-3-2-6-16(17)19(23)20(24)18(21)14-8-10-15(11-9-14)22-12-4-5-13-22/h2-3,6-11,24H,4-5,12-13H2,1H3. The second kappa shape index (κ2) is 5.71. The topological polar surface area (TPSA) is 45.5 Å². The van der Waals surface area contributed by atoms with Gasteiger partial charge in [-0.15, -0.1) is 0 Å². The Morgan fingerprint density at radius 1 is 0.958 bits per heavy atom. The van der Waals surface area contributed by atoms with Crippen molar-refractivity contribution < 1.29 is 5.11 Å². The molecule has 4 rings (SSSR count). The van der Waals surface area contributed by atoms with Crippen molar-refractivity contribution in [2.45, 2.75) is 12.8 Å². The second-order valence-electron chi connectivity index (χ2n) is 6.34. The molecule has 122 valence electrons. The third-order valence-corrected chi connectivity index (χ3v) is 4.90. The molecule has 0 spiro atoms. The van der Waals surface area contributed by atoms with Crippen molar-refractivity contribution in [3.8, 4) is 17.0 Å². The van der Waals surface area contributed by atoms with E-state index in [1.165, 1.54) is 18.5 Å². The minimum absolute atomic E-state index is 0.190. The first-order chi connectivity index (χ1) is 11.7. The highest BCUT2D eigenvalue weighted by molar-refractivity contribution is 5.85. The molecule has 0 atom stereocenters. The van der Waals surface area contributed by atoms with E-state index in [1.54, 1.807) is 6.07 Å². The van der Waals surface area contributed by atoms with E-state index < -0.39 is 0 Å². The highest BCUT2D eigenvalue weighted by atomic mass is 16.3. The zero-order chi connectivity index (χ0) is 16.7. The number of para-hydroxylation sites is 1. The Labute approximate surface area is 140 Å². The number of aromatic nitrogens is 1. The lowest BCUT2D eigenvalue weighted by atomic mass is 10.1. The van der Waals surface area contributed by atoms with Crippen LogP contribution in [0, 0.1) is 0 Å². The first-order valence-corrected chi connectivity index (χ1v) is 8.33. The van der Waals surface area contributed by atoms with Crippen molar-refractivity contribution in [1.29, 1.82) is 0 Å². The number of anilines is 1. The molecule has 0 radical (unpaired) electrons. The van der Waals surface area contributed by atoms with E-state index in [1.807, 2.05) is 41.9 Å². The van der Waals surface area contributed by atoms with Gasteiger partial charge in [-0.3, -0.25) is 4.79 Å². The number of aryl methyl sites for hydroxylation is 1. The molecule has 0 aliphatic carbocycles. The maximum Gasteiger partial charge on any atom is 0.231 e. The Kier molecular flexibility index (Phi) is 3.53. The molecule has 4 heteroatoms. The minimum Gasteiger partial charge on any atom is -0.503 e. The number of hydrogen-bond donors (Lipinski definition) is 1. The Hall–Kier alpha value is -2.75. The number of hydrogen-bond acceptors (Lipinski definition) is 3. The summed E-state index contributed by atoms with van der Waals surface area (Å²) < 4.78 is 1.89. The number of pyridine rings is 1. The second-order valence-corrected chi connectivity index (χ2v) is 6.34. The predicted molar refractivity (Wildman–Crippen MR) is 97.7 cm³/mol. The molecule has 0 saturated carbocycles. The monoisotopic (exact) mass is 320 g/mol. The normalized spacial score (nSPS) is 14.5. The van der Waals surface area contributed by atoms with E-state index in [0.29, 0.717) is 11.1 Å². The summed E-state index contributed by atoms with van der Waals surface area (Å²) in [5.74, 6) is -0.190. The van der Waals surface area contributed by atoms with E-state index in [4.69, 9.17) is 0 Å². The molecule has 2 aromatic carbocycles. The lowest BCUT2D eigenvalue weighted by molar-refractivity contribution is 0.468. The SMILES string of the molecule is Cn1c(-c2ccc(N3CCCC3)cc2)c(O)c(=O)c2ccccc21. The van der Waals surface area contributed by atoms with Crippen LogP contribution in [0.5, 0.6) is 5.75 Å². The Balaban J connectivity index is 1.85. The van der Waals surface area contributed by atoms with Gasteiger partial charge in [-0.2, -0.15) is 0 Å². The molecular formula is C20H20N2O2. The maximum atomic E-state index is 12.5. The van der Waals surface area contributed by atoms with Gasteiger partial charge in [0, 0.05) is 36.8 Å². The molecule has 1 N–H and O–H groups in total. The van der Waals surface area contributed by atoms with E-state index in [2.05, 4.69) is 17.0 Å². The molecule has 0 amide bonds. The molecule has 3 aromatic rings. The lowest BCUT2D eigenvalue weighted by Crippen LogP contribution is -2.17. The molecule has 24 heavy (non-hydrogen) atoms. The molecule has 0 unspecified atom stereocenters. The van der Waals surface area contributed by atoms with Gasteiger partial charge in [-0.1, -0.05) is 24.3 Å². The van der Waals surface area contributed by atoms with E-state index in [0.717, 1.165) is 24.2 Å². The van der Waals surface area contributed by atoms with E-state index in [9.17, 15) is 9.90 Å². The summed E-state index contributed by atoms with van der Waals surface area (Å²) in [6.45, 7) is 2.19. The van der Waals surface area contributed by atoms with Gasteiger partial charge in [0.2, 0.25) is 5.43 Å². The Bertz CT molecular complexity index is 952. The summed E-state index contributed by atoms with van der Waals surface area (Å²) in [5.41, 5.74) is 3.11. The number of fused-ring (bicyclic) bond motifs is 1. The van der Waals surface area contributed by atoms with Gasteiger partial charge in [0.05, 0.1) is 11.2 Å². The summed E-state index contributed by atoms with van der Waals surface area (Å²) in [6.07, 6.45) is 2.48. The molecule has 4 nitrogen and oxygen atoms in total. The highest BCUT2D eigenvalue weighted by Gasteiger charge is 2.17. The van der Waals surface area contributed by atoms with Crippen LogP contribution in [0.1, 0.15) is 12.8 Å². The van der Waals surface area contributed by atoms with Crippen molar-refractivity contribution in [2.75, 3.05) is 18.0 Å². The maximum absolute atomic E-state index is 12.5. The van der Waals surface area contributed by atoms with Gasteiger partial charge in [0.1, 0.15) is 0 Å². The fourth-order valence-electron chi connectivity index (χ4n) is 3.61. The molecule has 1 aliphatic heterocycles. The summed E-state index contributed by atoms with van der Waals surface area (Å²) in [5, 5.41) is 11.0. The van der Waals surface area contributed by atoms with Crippen LogP contribution in [0.25, 0.3) is 22.2 Å². The molecule has 0 bridgehead atoms. The third-order valence-electron chi connectivity index (χ3n) is 4.90. The van der Waals surface area contributed by atoms with Gasteiger partial charge in [-0.25, -0.2) is 0 Å². The zero-order valence-corrected chi connectivity index (χ0v) is 13.7. The number of rotatable bonds is 2. The zero-order valence-electron chi connectivity index (χ0n) is 13.7. The smallest absolute Gasteiger partial charge is 0.231 e. The molecule has 1 aromatic heterocycles. The van der Waals surface area contributed by atoms with Crippen molar-refractivity contribution in [2.24, 2.45) is 7.05 Å². The van der Waals surface area contributed by atoms with Crippen LogP contribution < -0.4 is 10.3 Å². The van der Waals surface area contributed by atoms with E-state index >= 15 is 0 Å². The van der Waals surface area contributed by atoms with Crippen molar-refractivity contribution >= 4 is 16.6 Å². The van der Waals surface area contributed by atoms with Crippen LogP contribution in [-0.4, -0.2) is 22.8 Å². The van der Waals surface area contributed by atoms with Gasteiger partial charge >= 0.3 is 0 Å². The summed E-state index contributed by atoms with van der Waals surface area (Å²) in [7, 11) is 1.88. The van der Waals surface area contributed by atoms with Crippen LogP contribution in [0.3, 0.4) is 0 Å². The van der Waals surface area contributed by atoms with Crippen molar-refractivity contribution in [3.05, 3.63) is 58.8 Å². The van der Waals surface area contributed by atoms with Crippen LogP contribution in [-0.2, 0) is 7.05 Å². The number of nitrogens with zero attached hydrogens (tertiary/aromatic N) is 2. The lowest BCUT2D eigenvalue weighted by Gasteiger charge is -2.19. The molecule has 1 saturated heterocycles. The van der Waals surface area contributed by atoms with Crippen LogP contribution >= 0.6 is 0 Å². The largest absolute Gasteiger partial charge is 0.503 e. The first-order valence-electron chi connectivity index (χ1n) is 8.33. The minimum atomic E-state index is -0.317. The van der Waals surface area contributed by atoms with E-state index in [-0.39, 0.29) is 11.2 Å². The Morgan fingerprint density at radius 3 is 2.33 bits per heavy atom. The summed E-state index contributed by atoms with van der Waals surface area (Å²) in [4.78, 5) is 14.8. The molecular weight excluding hydrogens is 300 g/mol. The Morgan fingerprint density at radius 2 is 1.62 bits per heavy atom. The van der Waals surface area contributed by atoms with Gasteiger partial charge in [0.25, 0.3) is 0 Å². The fraction of sp³-hybridized carbons (Fsp3) is 0.250. The third kappa shape index (κ3) is 2.26. The van der Waals surface area contributed by atoms with Crippen LogP contribution in [0.4, 0.5) is 5.69 Å². The number of benzene rings is 2. The van der Waals surface area contributed by atoms with Gasteiger partial charge < -0.3 is 14.6 Å². The first kappa shape index (κ1) is 14.8. The highest BCUT2D eigenvalue weighted by Crippen LogP contribution is 2.31. The average molecular weight is 320 g/mol. The number of aromatic hydroxyl groups is 1. The van der Waals surface area contributed by atoms with Gasteiger partial charge in [-0.05, 0) is 37.1 Å². The van der Waals surface area contributed by atoms with Crippen LogP contribution in [0.2, 0.25) is 0 Å². The van der Waals surface area contributed by atoms with Crippen molar-refractivity contribution in [3.63, 3.8) is 0 Å². The van der Waals surface area contributed by atoms with Crippen molar-refractivity contribution in [1.82, 2.24) is 4.57 Å². The molecule has 2 heterocycles. The predicted octanol–water partition coefficient (Wildman–Crippen LogP) is 3.51. The summed E-state index contributed by atoms with van der Waals surface area (Å²) in [6, 6.07) is 15.5. The molecule has 1 aliphatic rings. The molecule has 1 fully saturated rings. The summed E-state index contributed by atoms with van der Waals surface area (Å²) >= 11 is 0. The average Bonchev–Trinajstić information content (AvgIpc) is 3.15.